The first-order chi connectivity index (χ1) is 6.92. The number of aromatic nitrogens is 2. The molecule has 1 aliphatic heterocycles. The quantitative estimate of drug-likeness (QED) is 0.446. The van der Waals surface area contributed by atoms with Gasteiger partial charge in [0.15, 0.2) is 0 Å². The van der Waals surface area contributed by atoms with Gasteiger partial charge in [-0.3, -0.25) is 5.10 Å². The zero-order chi connectivity index (χ0) is 9.80. The molecule has 6 heteroatoms. The third-order valence-corrected chi connectivity index (χ3v) is 2.29. The Morgan fingerprint density at radius 2 is 2.57 bits per heavy atom. The van der Waals surface area contributed by atoms with Crippen molar-refractivity contribution in [1.29, 1.82) is 0 Å². The highest BCUT2D eigenvalue weighted by molar-refractivity contribution is 5.26. The van der Waals surface area contributed by atoms with Gasteiger partial charge in [0.05, 0.1) is 18.9 Å². The van der Waals surface area contributed by atoms with Gasteiger partial charge in [-0.25, -0.2) is 0 Å². The predicted molar refractivity (Wildman–Crippen MR) is 49.7 cm³/mol. The van der Waals surface area contributed by atoms with Gasteiger partial charge in [0, 0.05) is 29.1 Å². The zero-order valence-electron chi connectivity index (χ0n) is 7.73. The molecular weight excluding hydrogens is 182 g/mol. The van der Waals surface area contributed by atoms with E-state index >= 15 is 0 Å². The van der Waals surface area contributed by atoms with Gasteiger partial charge in [-0.2, -0.15) is 5.10 Å². The third kappa shape index (κ3) is 1.71. The molecule has 0 saturated heterocycles. The van der Waals surface area contributed by atoms with Crippen LogP contribution < -0.4 is 0 Å². The second-order valence-electron chi connectivity index (χ2n) is 3.13. The minimum absolute atomic E-state index is 0.452. The van der Waals surface area contributed by atoms with E-state index in [9.17, 15) is 0 Å². The molecule has 1 aliphatic rings. The highest BCUT2D eigenvalue weighted by Crippen LogP contribution is 2.18. The Morgan fingerprint density at radius 1 is 1.64 bits per heavy atom. The molecule has 0 atom stereocenters. The van der Waals surface area contributed by atoms with Gasteiger partial charge in [-0.15, -0.1) is 0 Å². The van der Waals surface area contributed by atoms with Crippen molar-refractivity contribution in [3.05, 3.63) is 27.4 Å². The fraction of sp³-hybridized carbons (Fsp3) is 0.625. The molecule has 1 N–H and O–H groups in total. The molecule has 0 aliphatic carbocycles. The maximum absolute atomic E-state index is 8.14. The van der Waals surface area contributed by atoms with Gasteiger partial charge >= 0.3 is 0 Å². The van der Waals surface area contributed by atoms with Gasteiger partial charge in [0.1, 0.15) is 0 Å². The molecule has 0 aromatic carbocycles. The van der Waals surface area contributed by atoms with Gasteiger partial charge < -0.3 is 4.74 Å². The topological polar surface area (TPSA) is 86.7 Å². The number of nitrogens with one attached hydrogen (secondary N) is 1. The van der Waals surface area contributed by atoms with E-state index in [1.165, 1.54) is 0 Å². The number of fused-ring (bicyclic) bond motifs is 1. The summed E-state index contributed by atoms with van der Waals surface area (Å²) in [5.41, 5.74) is 11.4. The van der Waals surface area contributed by atoms with Crippen molar-refractivity contribution in [2.45, 2.75) is 19.4 Å². The van der Waals surface area contributed by atoms with Crippen LogP contribution in [0.3, 0.4) is 0 Å². The lowest BCUT2D eigenvalue weighted by Crippen LogP contribution is -2.10. The fourth-order valence-corrected chi connectivity index (χ4v) is 1.58. The number of H-pyrrole nitrogens is 1. The van der Waals surface area contributed by atoms with E-state index in [2.05, 4.69) is 20.2 Å². The molecule has 1 aromatic rings. The Morgan fingerprint density at radius 3 is 3.43 bits per heavy atom. The summed E-state index contributed by atoms with van der Waals surface area (Å²) in [5.74, 6) is 0. The number of ether oxygens (including phenoxy) is 1. The second-order valence-corrected chi connectivity index (χ2v) is 3.13. The molecule has 0 fully saturated rings. The number of hydrogen-bond donors (Lipinski definition) is 1. The Kier molecular flexibility index (Phi) is 2.67. The van der Waals surface area contributed by atoms with Crippen LogP contribution in [0.2, 0.25) is 0 Å². The van der Waals surface area contributed by atoms with E-state index in [0.29, 0.717) is 19.6 Å². The number of nitrogens with zero attached hydrogens (tertiary/aromatic N) is 4. The Bertz CT molecular complexity index is 366. The summed E-state index contributed by atoms with van der Waals surface area (Å²) < 4.78 is 5.34. The van der Waals surface area contributed by atoms with Crippen molar-refractivity contribution in [2.24, 2.45) is 5.11 Å². The number of azide groups is 1. The Labute approximate surface area is 80.9 Å². The molecule has 74 valence electrons. The van der Waals surface area contributed by atoms with Crippen LogP contribution in [0.5, 0.6) is 0 Å². The van der Waals surface area contributed by atoms with Crippen molar-refractivity contribution in [3.8, 4) is 0 Å². The lowest BCUT2D eigenvalue weighted by Gasteiger charge is -2.11. The highest BCUT2D eigenvalue weighted by Gasteiger charge is 2.16. The molecule has 0 saturated carbocycles. The van der Waals surface area contributed by atoms with Crippen molar-refractivity contribution in [2.75, 3.05) is 13.2 Å². The maximum Gasteiger partial charge on any atom is 0.0753 e. The summed E-state index contributed by atoms with van der Waals surface area (Å²) in [6.45, 7) is 1.83. The maximum atomic E-state index is 8.14. The molecule has 1 aromatic heterocycles. The molecule has 0 unspecified atom stereocenters. The van der Waals surface area contributed by atoms with Crippen LogP contribution in [0.25, 0.3) is 10.4 Å². The standard InChI is InChI=1S/C8H11N5O/c9-13-10-3-1-7-6-5-14-4-2-8(6)12-11-7/h1-5H2,(H,11,12). The molecule has 0 radical (unpaired) electrons. The van der Waals surface area contributed by atoms with Crippen LogP contribution in [-0.2, 0) is 24.2 Å². The predicted octanol–water partition coefficient (Wildman–Crippen LogP) is 1.34. The summed E-state index contributed by atoms with van der Waals surface area (Å²) in [5, 5.41) is 10.7. The molecule has 0 amide bonds. The van der Waals surface area contributed by atoms with Gasteiger partial charge in [-0.05, 0) is 12.0 Å². The van der Waals surface area contributed by atoms with E-state index in [1.54, 1.807) is 0 Å². The highest BCUT2D eigenvalue weighted by atomic mass is 16.5. The number of rotatable bonds is 3. The molecule has 6 nitrogen and oxygen atoms in total. The lowest BCUT2D eigenvalue weighted by atomic mass is 10.1. The minimum Gasteiger partial charge on any atom is -0.376 e. The summed E-state index contributed by atoms with van der Waals surface area (Å²) in [4.78, 5) is 2.70. The van der Waals surface area contributed by atoms with E-state index in [1.807, 2.05) is 0 Å². The van der Waals surface area contributed by atoms with E-state index in [-0.39, 0.29) is 0 Å². The molecule has 2 heterocycles. The van der Waals surface area contributed by atoms with Crippen LogP contribution >= 0.6 is 0 Å². The molecule has 14 heavy (non-hydrogen) atoms. The number of hydrogen-bond acceptors (Lipinski definition) is 3. The van der Waals surface area contributed by atoms with Crippen LogP contribution in [0.15, 0.2) is 5.11 Å². The monoisotopic (exact) mass is 193 g/mol. The van der Waals surface area contributed by atoms with E-state index in [4.69, 9.17) is 10.3 Å². The Balaban J connectivity index is 2.10. The molecule has 0 bridgehead atoms. The first-order valence-electron chi connectivity index (χ1n) is 4.55. The average molecular weight is 193 g/mol. The van der Waals surface area contributed by atoms with Crippen LogP contribution in [0.1, 0.15) is 17.0 Å². The fourth-order valence-electron chi connectivity index (χ4n) is 1.58. The van der Waals surface area contributed by atoms with Crippen molar-refractivity contribution in [3.63, 3.8) is 0 Å². The lowest BCUT2D eigenvalue weighted by molar-refractivity contribution is 0.109. The van der Waals surface area contributed by atoms with E-state index in [0.717, 1.165) is 30.0 Å². The second kappa shape index (κ2) is 4.13. The van der Waals surface area contributed by atoms with Crippen LogP contribution in [0.4, 0.5) is 0 Å². The largest absolute Gasteiger partial charge is 0.376 e. The summed E-state index contributed by atoms with van der Waals surface area (Å²) in [6, 6.07) is 0. The van der Waals surface area contributed by atoms with Crippen molar-refractivity contribution in [1.82, 2.24) is 10.2 Å². The minimum atomic E-state index is 0.452. The average Bonchev–Trinajstić information content (AvgIpc) is 2.63. The smallest absolute Gasteiger partial charge is 0.0753 e. The Hall–Kier alpha value is -1.52. The van der Waals surface area contributed by atoms with Crippen molar-refractivity contribution < 1.29 is 4.74 Å². The normalized spacial score (nSPS) is 14.6. The van der Waals surface area contributed by atoms with Crippen LogP contribution in [0, 0.1) is 0 Å². The van der Waals surface area contributed by atoms with Gasteiger partial charge in [0.25, 0.3) is 0 Å². The van der Waals surface area contributed by atoms with E-state index < -0.39 is 0 Å². The molecule has 2 rings (SSSR count). The molecular formula is C8H11N5O. The first-order valence-corrected chi connectivity index (χ1v) is 4.55. The van der Waals surface area contributed by atoms with Gasteiger partial charge in [-0.1, -0.05) is 5.11 Å². The number of aromatic amines is 1. The van der Waals surface area contributed by atoms with Gasteiger partial charge in [0.2, 0.25) is 0 Å². The third-order valence-electron chi connectivity index (χ3n) is 2.29. The summed E-state index contributed by atoms with van der Waals surface area (Å²) >= 11 is 0. The first kappa shape index (κ1) is 9.05. The van der Waals surface area contributed by atoms with Crippen molar-refractivity contribution >= 4 is 0 Å². The summed E-state index contributed by atoms with van der Waals surface area (Å²) in [6.07, 6.45) is 1.57. The van der Waals surface area contributed by atoms with Crippen LogP contribution in [-0.4, -0.2) is 23.3 Å². The zero-order valence-corrected chi connectivity index (χ0v) is 7.73. The molecule has 0 spiro atoms. The summed E-state index contributed by atoms with van der Waals surface area (Å²) in [7, 11) is 0. The SMILES string of the molecule is [N-]=[N+]=NCCc1n[nH]c2c1COCC2.